The molecule has 0 bridgehead atoms. The Morgan fingerprint density at radius 3 is 2.19 bits per heavy atom. The van der Waals surface area contributed by atoms with E-state index in [4.69, 9.17) is 11.6 Å². The van der Waals surface area contributed by atoms with E-state index in [1.165, 1.54) is 25.7 Å². The molecule has 0 saturated heterocycles. The van der Waals surface area contributed by atoms with Crippen LogP contribution in [0.1, 0.15) is 52.4 Å². The first-order valence-corrected chi connectivity index (χ1v) is 7.31. The zero-order chi connectivity index (χ0) is 11.7. The molecule has 0 aromatic rings. The van der Waals surface area contributed by atoms with E-state index >= 15 is 0 Å². The number of halogens is 2. The molecule has 4 atom stereocenters. The van der Waals surface area contributed by atoms with Gasteiger partial charge in [-0.25, -0.2) is 4.39 Å². The van der Waals surface area contributed by atoms with E-state index in [9.17, 15) is 4.39 Å². The van der Waals surface area contributed by atoms with Crippen molar-refractivity contribution >= 4 is 11.6 Å². The highest BCUT2D eigenvalue weighted by Gasteiger charge is 2.40. The van der Waals surface area contributed by atoms with Crippen LogP contribution in [-0.4, -0.2) is 11.5 Å². The van der Waals surface area contributed by atoms with Gasteiger partial charge in [-0.3, -0.25) is 0 Å². The van der Waals surface area contributed by atoms with E-state index in [1.54, 1.807) is 0 Å². The second kappa shape index (κ2) is 5.25. The van der Waals surface area contributed by atoms with Gasteiger partial charge in [-0.2, -0.15) is 0 Å². The Hall–Kier alpha value is 0.220. The Labute approximate surface area is 104 Å². The van der Waals surface area contributed by atoms with Crippen LogP contribution in [-0.2, 0) is 0 Å². The lowest BCUT2D eigenvalue weighted by atomic mass is 9.69. The SMILES string of the molecule is CC1CCC(C2CCC(C)C(F)C2Cl)CC1. The van der Waals surface area contributed by atoms with Crippen LogP contribution >= 0.6 is 11.6 Å². The fraction of sp³-hybridized carbons (Fsp3) is 1.00. The summed E-state index contributed by atoms with van der Waals surface area (Å²) in [5.74, 6) is 2.18. The second-order valence-electron chi connectivity index (χ2n) is 6.13. The molecule has 4 unspecified atom stereocenters. The Kier molecular flexibility index (Phi) is 4.15. The van der Waals surface area contributed by atoms with Gasteiger partial charge in [-0.1, -0.05) is 26.7 Å². The molecule has 0 amide bonds. The maximum atomic E-state index is 13.9. The third-order valence-electron chi connectivity index (χ3n) is 4.88. The van der Waals surface area contributed by atoms with Gasteiger partial charge in [0.05, 0.1) is 5.38 Å². The minimum absolute atomic E-state index is 0.168. The predicted molar refractivity (Wildman–Crippen MR) is 67.5 cm³/mol. The summed E-state index contributed by atoms with van der Waals surface area (Å²) in [5, 5.41) is -0.220. The summed E-state index contributed by atoms with van der Waals surface area (Å²) in [4.78, 5) is 0. The summed E-state index contributed by atoms with van der Waals surface area (Å²) in [6.45, 7) is 4.33. The fourth-order valence-electron chi connectivity index (χ4n) is 3.53. The molecule has 0 spiro atoms. The average molecular weight is 247 g/mol. The highest BCUT2D eigenvalue weighted by molar-refractivity contribution is 6.21. The van der Waals surface area contributed by atoms with Gasteiger partial charge in [0.15, 0.2) is 0 Å². The summed E-state index contributed by atoms with van der Waals surface area (Å²) in [5.41, 5.74) is 0. The molecule has 0 nitrogen and oxygen atoms in total. The van der Waals surface area contributed by atoms with Crippen LogP contribution in [0.3, 0.4) is 0 Å². The first kappa shape index (κ1) is 12.7. The predicted octanol–water partition coefficient (Wildman–Crippen LogP) is 4.80. The van der Waals surface area contributed by atoms with Gasteiger partial charge in [0, 0.05) is 0 Å². The maximum Gasteiger partial charge on any atom is 0.119 e. The first-order valence-electron chi connectivity index (χ1n) is 6.87. The summed E-state index contributed by atoms with van der Waals surface area (Å²) < 4.78 is 13.9. The monoisotopic (exact) mass is 246 g/mol. The van der Waals surface area contributed by atoms with Crippen LogP contribution in [0.25, 0.3) is 0 Å². The van der Waals surface area contributed by atoms with Crippen molar-refractivity contribution in [3.63, 3.8) is 0 Å². The van der Waals surface area contributed by atoms with E-state index < -0.39 is 6.17 Å². The van der Waals surface area contributed by atoms with Crippen molar-refractivity contribution in [2.24, 2.45) is 23.7 Å². The largest absolute Gasteiger partial charge is 0.246 e. The van der Waals surface area contributed by atoms with Crippen LogP contribution in [0.2, 0.25) is 0 Å². The van der Waals surface area contributed by atoms with E-state index in [2.05, 4.69) is 6.92 Å². The van der Waals surface area contributed by atoms with Gasteiger partial charge < -0.3 is 0 Å². The van der Waals surface area contributed by atoms with Crippen molar-refractivity contribution in [3.8, 4) is 0 Å². The molecule has 2 rings (SSSR count). The molecule has 2 aliphatic rings. The Bertz CT molecular complexity index is 223. The summed E-state index contributed by atoms with van der Waals surface area (Å²) in [6, 6.07) is 0. The molecular formula is C14H24ClF. The number of hydrogen-bond acceptors (Lipinski definition) is 0. The lowest BCUT2D eigenvalue weighted by Crippen LogP contribution is -2.40. The van der Waals surface area contributed by atoms with Crippen LogP contribution in [0.5, 0.6) is 0 Å². The van der Waals surface area contributed by atoms with Gasteiger partial charge in [-0.05, 0) is 49.4 Å². The van der Waals surface area contributed by atoms with Gasteiger partial charge in [-0.15, -0.1) is 11.6 Å². The summed E-state index contributed by atoms with van der Waals surface area (Å²) >= 11 is 6.32. The quantitative estimate of drug-likeness (QED) is 0.583. The first-order chi connectivity index (χ1) is 7.59. The van der Waals surface area contributed by atoms with E-state index in [-0.39, 0.29) is 11.3 Å². The molecule has 0 aromatic heterocycles. The van der Waals surface area contributed by atoms with Crippen molar-refractivity contribution in [3.05, 3.63) is 0 Å². The lowest BCUT2D eigenvalue weighted by Gasteiger charge is -2.41. The van der Waals surface area contributed by atoms with Crippen LogP contribution in [0.15, 0.2) is 0 Å². The van der Waals surface area contributed by atoms with E-state index in [0.29, 0.717) is 11.8 Å². The molecule has 94 valence electrons. The fourth-order valence-corrected chi connectivity index (χ4v) is 4.11. The highest BCUT2D eigenvalue weighted by Crippen LogP contribution is 2.44. The van der Waals surface area contributed by atoms with Gasteiger partial charge in [0.25, 0.3) is 0 Å². The minimum Gasteiger partial charge on any atom is -0.246 e. The zero-order valence-corrected chi connectivity index (χ0v) is 11.2. The van der Waals surface area contributed by atoms with Crippen molar-refractivity contribution in [1.82, 2.24) is 0 Å². The molecule has 16 heavy (non-hydrogen) atoms. The lowest BCUT2D eigenvalue weighted by molar-refractivity contribution is 0.0906. The summed E-state index contributed by atoms with van der Waals surface area (Å²) in [7, 11) is 0. The smallest absolute Gasteiger partial charge is 0.119 e. The Morgan fingerprint density at radius 2 is 1.56 bits per heavy atom. The van der Waals surface area contributed by atoms with Gasteiger partial charge in [0.2, 0.25) is 0 Å². The van der Waals surface area contributed by atoms with Crippen LogP contribution in [0, 0.1) is 23.7 Å². The minimum atomic E-state index is -0.778. The third kappa shape index (κ3) is 2.55. The van der Waals surface area contributed by atoms with Crippen molar-refractivity contribution in [2.45, 2.75) is 63.9 Å². The molecular weight excluding hydrogens is 223 g/mol. The molecule has 0 heterocycles. The van der Waals surface area contributed by atoms with Crippen molar-refractivity contribution in [1.29, 1.82) is 0 Å². The van der Waals surface area contributed by atoms with Crippen LogP contribution < -0.4 is 0 Å². The van der Waals surface area contributed by atoms with Crippen LogP contribution in [0.4, 0.5) is 4.39 Å². The Balaban J connectivity index is 1.94. The zero-order valence-electron chi connectivity index (χ0n) is 10.5. The topological polar surface area (TPSA) is 0 Å². The van der Waals surface area contributed by atoms with E-state index in [1.807, 2.05) is 6.92 Å². The molecule has 0 radical (unpaired) electrons. The molecule has 0 aliphatic heterocycles. The maximum absolute atomic E-state index is 13.9. The van der Waals surface area contributed by atoms with Crippen molar-refractivity contribution < 1.29 is 4.39 Å². The van der Waals surface area contributed by atoms with Crippen molar-refractivity contribution in [2.75, 3.05) is 0 Å². The van der Waals surface area contributed by atoms with Gasteiger partial charge >= 0.3 is 0 Å². The summed E-state index contributed by atoms with van der Waals surface area (Å²) in [6.07, 6.45) is 6.58. The highest BCUT2D eigenvalue weighted by atomic mass is 35.5. The molecule has 2 fully saturated rings. The molecule has 0 aromatic carbocycles. The van der Waals surface area contributed by atoms with E-state index in [0.717, 1.165) is 18.8 Å². The number of rotatable bonds is 1. The number of alkyl halides is 2. The Morgan fingerprint density at radius 1 is 0.938 bits per heavy atom. The molecule has 2 heteroatoms. The standard InChI is InChI=1S/C14H24ClF/c1-9-3-6-11(7-4-9)12-8-5-10(2)14(16)13(12)15/h9-14H,3-8H2,1-2H3. The number of hydrogen-bond donors (Lipinski definition) is 0. The molecule has 2 aliphatic carbocycles. The average Bonchev–Trinajstić information content (AvgIpc) is 2.28. The normalized spacial score (nSPS) is 50.2. The van der Waals surface area contributed by atoms with Gasteiger partial charge in [0.1, 0.15) is 6.17 Å². The molecule has 0 N–H and O–H groups in total. The third-order valence-corrected chi connectivity index (χ3v) is 5.44. The molecule has 2 saturated carbocycles. The second-order valence-corrected chi connectivity index (χ2v) is 6.63.